The van der Waals surface area contributed by atoms with Crippen LogP contribution in [-0.2, 0) is 6.54 Å². The lowest BCUT2D eigenvalue weighted by molar-refractivity contribution is 0.260. The van der Waals surface area contributed by atoms with Crippen LogP contribution in [0.25, 0.3) is 0 Å². The van der Waals surface area contributed by atoms with Crippen molar-refractivity contribution in [3.8, 4) is 0 Å². The van der Waals surface area contributed by atoms with E-state index in [2.05, 4.69) is 33.9 Å². The second-order valence-corrected chi connectivity index (χ2v) is 6.29. The van der Waals surface area contributed by atoms with Crippen LogP contribution in [0.3, 0.4) is 0 Å². The normalized spacial score (nSPS) is 24.1. The lowest BCUT2D eigenvalue weighted by Crippen LogP contribution is -2.35. The molecule has 1 atom stereocenters. The van der Waals surface area contributed by atoms with E-state index in [1.54, 1.807) is 6.26 Å². The summed E-state index contributed by atoms with van der Waals surface area (Å²) in [5.41, 5.74) is 0.998. The van der Waals surface area contributed by atoms with Crippen LogP contribution in [0.2, 0.25) is 0 Å². The molecule has 0 aliphatic carbocycles. The van der Waals surface area contributed by atoms with Crippen LogP contribution in [0.5, 0.6) is 0 Å². The molecule has 3 heterocycles. The van der Waals surface area contributed by atoms with Crippen molar-refractivity contribution in [1.29, 1.82) is 0 Å². The van der Waals surface area contributed by atoms with Crippen molar-refractivity contribution in [2.75, 3.05) is 31.1 Å². The Morgan fingerprint density at radius 1 is 1.35 bits per heavy atom. The summed E-state index contributed by atoms with van der Waals surface area (Å²) in [5.74, 6) is 0. The molecule has 3 rings (SSSR count). The molecule has 0 aromatic carbocycles. The molecule has 1 N–H and O–H groups in total. The Kier molecular flexibility index (Phi) is 4.27. The van der Waals surface area contributed by atoms with E-state index in [0.717, 1.165) is 31.3 Å². The van der Waals surface area contributed by atoms with Crippen LogP contribution < -0.4 is 10.2 Å². The molecule has 5 nitrogen and oxygen atoms in total. The van der Waals surface area contributed by atoms with Crippen molar-refractivity contribution in [3.05, 3.63) is 12.0 Å². The number of aromatic nitrogens is 1. The maximum Gasteiger partial charge on any atom is 0.297 e. The Morgan fingerprint density at radius 2 is 2.15 bits per heavy atom. The lowest BCUT2D eigenvalue weighted by atomic mass is 10.2. The molecule has 0 amide bonds. The number of oxazole rings is 1. The zero-order valence-corrected chi connectivity index (χ0v) is 12.6. The van der Waals surface area contributed by atoms with Crippen LogP contribution in [0.15, 0.2) is 10.7 Å². The van der Waals surface area contributed by atoms with Gasteiger partial charge in [0.15, 0.2) is 0 Å². The maximum atomic E-state index is 5.65. The summed E-state index contributed by atoms with van der Waals surface area (Å²) in [7, 11) is 0. The average molecular weight is 278 g/mol. The average Bonchev–Trinajstić information content (AvgIpc) is 3.15. The third kappa shape index (κ3) is 3.15. The van der Waals surface area contributed by atoms with E-state index in [9.17, 15) is 0 Å². The van der Waals surface area contributed by atoms with Crippen LogP contribution in [0, 0.1) is 0 Å². The summed E-state index contributed by atoms with van der Waals surface area (Å²) in [6, 6.07) is 1.97. The molecular formula is C15H26N4O. The van der Waals surface area contributed by atoms with Gasteiger partial charge in [0.05, 0.1) is 5.69 Å². The van der Waals surface area contributed by atoms with E-state index in [0.29, 0.717) is 12.1 Å². The molecule has 0 radical (unpaired) electrons. The highest BCUT2D eigenvalue weighted by Gasteiger charge is 2.31. The summed E-state index contributed by atoms with van der Waals surface area (Å²) in [6.45, 7) is 9.74. The van der Waals surface area contributed by atoms with Crippen LogP contribution in [-0.4, -0.2) is 48.1 Å². The molecule has 20 heavy (non-hydrogen) atoms. The van der Waals surface area contributed by atoms with Gasteiger partial charge in [-0.2, -0.15) is 4.98 Å². The van der Waals surface area contributed by atoms with Gasteiger partial charge in [0.1, 0.15) is 6.26 Å². The first kappa shape index (κ1) is 13.9. The lowest BCUT2D eigenvalue weighted by Gasteiger charge is -2.23. The highest BCUT2D eigenvalue weighted by molar-refractivity contribution is 5.29. The van der Waals surface area contributed by atoms with Crippen molar-refractivity contribution < 1.29 is 4.42 Å². The first-order valence-electron chi connectivity index (χ1n) is 7.89. The number of hydrogen-bond donors (Lipinski definition) is 1. The molecule has 1 aromatic rings. The molecule has 0 bridgehead atoms. The van der Waals surface area contributed by atoms with Gasteiger partial charge in [0.2, 0.25) is 0 Å². The van der Waals surface area contributed by atoms with E-state index in [-0.39, 0.29) is 0 Å². The van der Waals surface area contributed by atoms with Gasteiger partial charge < -0.3 is 14.6 Å². The summed E-state index contributed by atoms with van der Waals surface area (Å²) < 4.78 is 5.65. The number of likely N-dealkylation sites (tertiary alicyclic amines) is 1. The number of nitrogens with zero attached hydrogens (tertiary/aromatic N) is 3. The van der Waals surface area contributed by atoms with Crippen molar-refractivity contribution in [1.82, 2.24) is 15.2 Å². The van der Waals surface area contributed by atoms with Crippen molar-refractivity contribution >= 4 is 6.01 Å². The van der Waals surface area contributed by atoms with Gasteiger partial charge >= 0.3 is 0 Å². The molecule has 1 unspecified atom stereocenters. The Balaban J connectivity index is 1.54. The monoisotopic (exact) mass is 278 g/mol. The zero-order valence-electron chi connectivity index (χ0n) is 12.6. The zero-order chi connectivity index (χ0) is 13.9. The van der Waals surface area contributed by atoms with E-state index in [4.69, 9.17) is 4.42 Å². The standard InChI is InChI=1S/C15H26N4O/c1-12(2)16-9-13-11-20-15(17-13)19-8-5-14(10-19)18-6-3-4-7-18/h11-12,14,16H,3-10H2,1-2H3. The van der Waals surface area contributed by atoms with Crippen molar-refractivity contribution in [2.24, 2.45) is 0 Å². The smallest absolute Gasteiger partial charge is 0.297 e. The predicted molar refractivity (Wildman–Crippen MR) is 79.9 cm³/mol. The van der Waals surface area contributed by atoms with Crippen molar-refractivity contribution in [3.63, 3.8) is 0 Å². The Labute approximate surface area is 121 Å². The topological polar surface area (TPSA) is 44.5 Å². The molecule has 2 aliphatic rings. The fourth-order valence-electron chi connectivity index (χ4n) is 3.15. The minimum atomic E-state index is 0.474. The minimum Gasteiger partial charge on any atom is -0.432 e. The molecule has 2 aliphatic heterocycles. The molecule has 112 valence electrons. The van der Waals surface area contributed by atoms with Gasteiger partial charge in [0.25, 0.3) is 6.01 Å². The van der Waals surface area contributed by atoms with Gasteiger partial charge in [-0.15, -0.1) is 0 Å². The van der Waals surface area contributed by atoms with Crippen LogP contribution >= 0.6 is 0 Å². The summed E-state index contributed by atoms with van der Waals surface area (Å²) in [4.78, 5) is 9.53. The number of hydrogen-bond acceptors (Lipinski definition) is 5. The molecule has 2 saturated heterocycles. The fourth-order valence-corrected chi connectivity index (χ4v) is 3.15. The van der Waals surface area contributed by atoms with E-state index >= 15 is 0 Å². The van der Waals surface area contributed by atoms with Gasteiger partial charge in [-0.25, -0.2) is 0 Å². The highest BCUT2D eigenvalue weighted by Crippen LogP contribution is 2.24. The van der Waals surface area contributed by atoms with Crippen LogP contribution in [0.1, 0.15) is 38.8 Å². The second kappa shape index (κ2) is 6.14. The first-order chi connectivity index (χ1) is 9.72. The van der Waals surface area contributed by atoms with Gasteiger partial charge in [-0.1, -0.05) is 13.8 Å². The van der Waals surface area contributed by atoms with Gasteiger partial charge in [-0.05, 0) is 32.4 Å². The Morgan fingerprint density at radius 3 is 2.90 bits per heavy atom. The number of rotatable bonds is 5. The first-order valence-corrected chi connectivity index (χ1v) is 7.89. The SMILES string of the molecule is CC(C)NCc1coc(N2CCC(N3CCCC3)C2)n1. The quantitative estimate of drug-likeness (QED) is 0.890. The molecule has 0 spiro atoms. The summed E-state index contributed by atoms with van der Waals surface area (Å²) in [6.07, 6.45) is 5.75. The molecule has 2 fully saturated rings. The molecule has 1 aromatic heterocycles. The number of nitrogens with one attached hydrogen (secondary N) is 1. The molecule has 0 saturated carbocycles. The highest BCUT2D eigenvalue weighted by atomic mass is 16.4. The fraction of sp³-hybridized carbons (Fsp3) is 0.800. The Bertz CT molecular complexity index is 425. The molecular weight excluding hydrogens is 252 g/mol. The predicted octanol–water partition coefficient (Wildman–Crippen LogP) is 1.85. The largest absolute Gasteiger partial charge is 0.432 e. The summed E-state index contributed by atoms with van der Waals surface area (Å²) in [5, 5.41) is 3.37. The molecule has 5 heteroatoms. The van der Waals surface area contributed by atoms with Crippen molar-refractivity contribution in [2.45, 2.75) is 51.7 Å². The van der Waals surface area contributed by atoms with Gasteiger partial charge in [0, 0.05) is 31.7 Å². The second-order valence-electron chi connectivity index (χ2n) is 6.29. The Hall–Kier alpha value is -1.07. The van der Waals surface area contributed by atoms with E-state index in [1.165, 1.54) is 32.4 Å². The third-order valence-corrected chi connectivity index (χ3v) is 4.32. The van der Waals surface area contributed by atoms with Gasteiger partial charge in [-0.3, -0.25) is 4.90 Å². The van der Waals surface area contributed by atoms with E-state index in [1.807, 2.05) is 0 Å². The van der Waals surface area contributed by atoms with E-state index < -0.39 is 0 Å². The minimum absolute atomic E-state index is 0.474. The summed E-state index contributed by atoms with van der Waals surface area (Å²) >= 11 is 0. The third-order valence-electron chi connectivity index (χ3n) is 4.32. The maximum absolute atomic E-state index is 5.65. The van der Waals surface area contributed by atoms with Crippen LogP contribution in [0.4, 0.5) is 6.01 Å². The number of anilines is 1.